The fraction of sp³-hybridized carbons (Fsp3) is 0.633. The second-order valence-electron chi connectivity index (χ2n) is 12.5. The number of hydrogen-bond donors (Lipinski definition) is 11. The molecule has 14 N–H and O–H groups in total. The molecule has 0 bridgehead atoms. The van der Waals surface area contributed by atoms with Gasteiger partial charge in [-0.15, -0.1) is 0 Å². The van der Waals surface area contributed by atoms with Gasteiger partial charge in [-0.25, -0.2) is 9.78 Å². The predicted molar refractivity (Wildman–Crippen MR) is 180 cm³/mol. The molecule has 0 aliphatic carbocycles. The number of aromatic nitrogens is 2. The van der Waals surface area contributed by atoms with Crippen LogP contribution in [0.25, 0.3) is 0 Å². The normalized spacial score (nSPS) is 14.0. The maximum Gasteiger partial charge on any atom is 0.326 e. The minimum atomic E-state index is -1.72. The van der Waals surface area contributed by atoms with E-state index in [1.807, 2.05) is 0 Å². The molecule has 1 aromatic rings. The number of carboxylic acid groups (broad SMARTS) is 2. The summed E-state index contributed by atoms with van der Waals surface area (Å²) < 4.78 is 0. The third-order valence-corrected chi connectivity index (χ3v) is 7.07. The van der Waals surface area contributed by atoms with Crippen LogP contribution in [0.1, 0.15) is 65.5 Å². The van der Waals surface area contributed by atoms with Crippen molar-refractivity contribution in [3.63, 3.8) is 0 Å². The summed E-state index contributed by atoms with van der Waals surface area (Å²) in [6, 6.07) is -6.81. The molecule has 0 saturated carbocycles. The SMILES string of the molecule is CC(C)CC(NC(=O)C(CC(C)C)NC(=O)C(CC(=O)O)NC(=O)C(Cc1cnc[nH]1)NC(=O)C(CCCN=C(N)N)NC(=O)CN)C(=O)O. The van der Waals surface area contributed by atoms with Crippen LogP contribution >= 0.6 is 0 Å². The largest absolute Gasteiger partial charge is 0.481 e. The molecule has 20 nitrogen and oxygen atoms in total. The summed E-state index contributed by atoms with van der Waals surface area (Å²) in [5, 5.41) is 31.4. The molecule has 0 saturated heterocycles. The van der Waals surface area contributed by atoms with Gasteiger partial charge in [0.1, 0.15) is 30.2 Å². The lowest BCUT2D eigenvalue weighted by Crippen LogP contribution is -2.59. The van der Waals surface area contributed by atoms with Gasteiger partial charge in [-0.05, 0) is 37.5 Å². The standard InChI is InChI=1S/C30H51N11O9/c1-15(2)8-19(26(46)41-22(29(49)50)9-16(3)4)38-28(48)21(11-24(43)44)40-27(47)20(10-17-13-34-14-36-17)39-25(45)18(37-23(42)12-31)6-5-7-35-30(32)33/h13-16,18-22H,5-12,31H2,1-4H3,(H,34,36)(H,37,42)(H,38,48)(H,39,45)(H,40,47)(H,41,46)(H,43,44)(H,49,50)(H4,32,33,35). The number of aromatic amines is 1. The van der Waals surface area contributed by atoms with Crippen molar-refractivity contribution in [3.05, 3.63) is 18.2 Å². The van der Waals surface area contributed by atoms with Crippen molar-refractivity contribution in [1.29, 1.82) is 0 Å². The number of carbonyl (C=O) groups is 7. The van der Waals surface area contributed by atoms with E-state index in [1.54, 1.807) is 27.7 Å². The first-order chi connectivity index (χ1) is 23.4. The van der Waals surface area contributed by atoms with Gasteiger partial charge in [0.15, 0.2) is 5.96 Å². The second-order valence-corrected chi connectivity index (χ2v) is 12.5. The Kier molecular flexibility index (Phi) is 18.5. The lowest BCUT2D eigenvalue weighted by molar-refractivity contribution is -0.143. The Morgan fingerprint density at radius 1 is 0.780 bits per heavy atom. The van der Waals surface area contributed by atoms with Crippen LogP contribution in [0.3, 0.4) is 0 Å². The number of guanidine groups is 1. The van der Waals surface area contributed by atoms with Gasteiger partial charge in [-0.2, -0.15) is 0 Å². The average molecular weight is 710 g/mol. The lowest BCUT2D eigenvalue weighted by atomic mass is 10.00. The summed E-state index contributed by atoms with van der Waals surface area (Å²) in [6.07, 6.45) is 2.13. The molecule has 280 valence electrons. The molecule has 1 rings (SSSR count). The molecule has 5 atom stereocenters. The van der Waals surface area contributed by atoms with Crippen molar-refractivity contribution < 1.29 is 43.8 Å². The van der Waals surface area contributed by atoms with Crippen LogP contribution in [0.4, 0.5) is 0 Å². The lowest BCUT2D eigenvalue weighted by Gasteiger charge is -2.27. The highest BCUT2D eigenvalue weighted by atomic mass is 16.4. The molecule has 5 unspecified atom stereocenters. The maximum absolute atomic E-state index is 13.6. The number of aliphatic carboxylic acids is 2. The third-order valence-electron chi connectivity index (χ3n) is 7.07. The van der Waals surface area contributed by atoms with E-state index in [1.165, 1.54) is 12.5 Å². The number of nitrogens with one attached hydrogen (secondary N) is 6. The summed E-state index contributed by atoms with van der Waals surface area (Å²) in [5.41, 5.74) is 16.5. The predicted octanol–water partition coefficient (Wildman–Crippen LogP) is -2.96. The van der Waals surface area contributed by atoms with Gasteiger partial charge >= 0.3 is 11.9 Å². The third kappa shape index (κ3) is 16.7. The van der Waals surface area contributed by atoms with E-state index >= 15 is 0 Å². The van der Waals surface area contributed by atoms with Crippen molar-refractivity contribution in [1.82, 2.24) is 36.6 Å². The van der Waals surface area contributed by atoms with Gasteiger partial charge in [-0.1, -0.05) is 27.7 Å². The summed E-state index contributed by atoms with van der Waals surface area (Å²) >= 11 is 0. The number of amides is 5. The smallest absolute Gasteiger partial charge is 0.326 e. The van der Waals surface area contributed by atoms with Gasteiger partial charge in [0, 0.05) is 24.9 Å². The Balaban J connectivity index is 3.29. The molecule has 1 heterocycles. The Labute approximate surface area is 289 Å². The van der Waals surface area contributed by atoms with Crippen molar-refractivity contribution in [2.45, 2.75) is 96.4 Å². The highest BCUT2D eigenvalue weighted by molar-refractivity contribution is 5.97. The fourth-order valence-electron chi connectivity index (χ4n) is 4.72. The Morgan fingerprint density at radius 2 is 1.30 bits per heavy atom. The van der Waals surface area contributed by atoms with Gasteiger partial charge in [0.05, 0.1) is 19.3 Å². The number of carbonyl (C=O) groups excluding carboxylic acids is 5. The highest BCUT2D eigenvalue weighted by Gasteiger charge is 2.34. The van der Waals surface area contributed by atoms with E-state index in [0.29, 0.717) is 5.69 Å². The summed E-state index contributed by atoms with van der Waals surface area (Å²) in [5.74, 6) is -7.36. The van der Waals surface area contributed by atoms with Crippen molar-refractivity contribution in [2.24, 2.45) is 34.0 Å². The number of imidazole rings is 1. The quantitative estimate of drug-likeness (QED) is 0.0308. The first-order valence-corrected chi connectivity index (χ1v) is 16.1. The molecule has 0 aliphatic rings. The minimum Gasteiger partial charge on any atom is -0.481 e. The van der Waals surface area contributed by atoms with Crippen LogP contribution < -0.4 is 43.8 Å². The summed E-state index contributed by atoms with van der Waals surface area (Å²) in [7, 11) is 0. The van der Waals surface area contributed by atoms with E-state index in [9.17, 15) is 43.8 Å². The van der Waals surface area contributed by atoms with Crippen molar-refractivity contribution >= 4 is 47.4 Å². The number of aliphatic imine (C=N–C) groups is 1. The van der Waals surface area contributed by atoms with Crippen molar-refractivity contribution in [3.8, 4) is 0 Å². The summed E-state index contributed by atoms with van der Waals surface area (Å²) in [6.45, 7) is 6.80. The number of nitrogens with two attached hydrogens (primary N) is 3. The van der Waals surface area contributed by atoms with Gasteiger partial charge in [0.2, 0.25) is 29.5 Å². The highest BCUT2D eigenvalue weighted by Crippen LogP contribution is 2.10. The van der Waals surface area contributed by atoms with Crippen molar-refractivity contribution in [2.75, 3.05) is 13.1 Å². The molecule has 5 amide bonds. The molecule has 0 aromatic carbocycles. The average Bonchev–Trinajstić information content (AvgIpc) is 3.53. The maximum atomic E-state index is 13.6. The molecule has 50 heavy (non-hydrogen) atoms. The molecule has 0 aliphatic heterocycles. The van der Waals surface area contributed by atoms with Gasteiger partial charge in [0.25, 0.3) is 0 Å². The first-order valence-electron chi connectivity index (χ1n) is 16.1. The van der Waals surface area contributed by atoms with E-state index in [4.69, 9.17) is 17.2 Å². The zero-order valence-electron chi connectivity index (χ0n) is 28.7. The van der Waals surface area contributed by atoms with Crippen LogP contribution in [0.2, 0.25) is 0 Å². The number of hydrogen-bond acceptors (Lipinski definition) is 10. The molecular formula is C30H51N11O9. The Bertz CT molecular complexity index is 1330. The minimum absolute atomic E-state index is 0.0516. The van der Waals surface area contributed by atoms with Crippen LogP contribution in [-0.2, 0) is 40.0 Å². The molecule has 1 aromatic heterocycles. The fourth-order valence-corrected chi connectivity index (χ4v) is 4.72. The zero-order chi connectivity index (χ0) is 38.0. The summed E-state index contributed by atoms with van der Waals surface area (Å²) in [4.78, 5) is 99.7. The molecule has 20 heteroatoms. The molecule has 0 spiro atoms. The van der Waals surface area contributed by atoms with Crippen LogP contribution in [0.15, 0.2) is 17.5 Å². The molecule has 0 radical (unpaired) electrons. The van der Waals surface area contributed by atoms with E-state index < -0.39 is 84.6 Å². The number of nitrogens with zero attached hydrogens (tertiary/aromatic N) is 2. The zero-order valence-corrected chi connectivity index (χ0v) is 28.7. The van der Waals surface area contributed by atoms with E-state index in [-0.39, 0.29) is 56.4 Å². The molecule has 0 fully saturated rings. The number of carboxylic acids is 2. The molecular weight excluding hydrogens is 658 g/mol. The van der Waals surface area contributed by atoms with E-state index in [2.05, 4.69) is 41.5 Å². The van der Waals surface area contributed by atoms with Gasteiger partial charge in [-0.3, -0.25) is 33.8 Å². The number of H-pyrrole nitrogens is 1. The monoisotopic (exact) mass is 709 g/mol. The van der Waals surface area contributed by atoms with Crippen LogP contribution in [0, 0.1) is 11.8 Å². The van der Waals surface area contributed by atoms with Gasteiger partial charge < -0.3 is 59.0 Å². The second kappa shape index (κ2) is 21.6. The van der Waals surface area contributed by atoms with Crippen LogP contribution in [0.5, 0.6) is 0 Å². The number of rotatable bonds is 23. The Hall–Kier alpha value is -5.27. The topological polar surface area (TPSA) is 339 Å². The Morgan fingerprint density at radius 3 is 1.82 bits per heavy atom. The first kappa shape index (κ1) is 42.8. The van der Waals surface area contributed by atoms with E-state index in [0.717, 1.165) is 0 Å². The van der Waals surface area contributed by atoms with Crippen LogP contribution in [-0.4, -0.2) is 111 Å².